The predicted molar refractivity (Wildman–Crippen MR) is 61.1 cm³/mol. The molecule has 0 amide bonds. The molecule has 2 aromatic carbocycles. The van der Waals surface area contributed by atoms with Gasteiger partial charge in [0.2, 0.25) is 0 Å². The molecule has 84 valence electrons. The molecule has 4 nitrogen and oxygen atoms in total. The normalized spacial score (nSPS) is 10.6. The van der Waals surface area contributed by atoms with Gasteiger partial charge < -0.3 is 9.84 Å². The second kappa shape index (κ2) is 4.38. The van der Waals surface area contributed by atoms with Crippen LogP contribution in [0.15, 0.2) is 30.3 Å². The minimum Gasteiger partial charge on any atom is -0.507 e. The van der Waals surface area contributed by atoms with Gasteiger partial charge in [0, 0.05) is 16.3 Å². The number of benzene rings is 2. The molecule has 0 radical (unpaired) electrons. The summed E-state index contributed by atoms with van der Waals surface area (Å²) in [5, 5.41) is 11.6. The first-order valence-electron chi connectivity index (χ1n) is 4.87. The van der Waals surface area contributed by atoms with Crippen molar-refractivity contribution in [2.24, 2.45) is 5.90 Å². The van der Waals surface area contributed by atoms with Gasteiger partial charge in [-0.05, 0) is 6.07 Å². The molecule has 0 bridgehead atoms. The Bertz CT molecular complexity index is 511. The van der Waals surface area contributed by atoms with Crippen LogP contribution in [-0.2, 0) is 11.4 Å². The molecule has 0 spiro atoms. The van der Waals surface area contributed by atoms with E-state index in [1.807, 2.05) is 24.3 Å². The average Bonchev–Trinajstić information content (AvgIpc) is 2.32. The highest BCUT2D eigenvalue weighted by Gasteiger charge is 2.08. The molecular weight excluding hydrogens is 206 g/mol. The molecule has 0 aliphatic carbocycles. The number of fused-ring (bicyclic) bond motifs is 1. The van der Waals surface area contributed by atoms with Crippen molar-refractivity contribution < 1.29 is 14.7 Å². The van der Waals surface area contributed by atoms with Crippen LogP contribution in [-0.4, -0.2) is 12.2 Å². The average molecular weight is 219 g/mol. The lowest BCUT2D eigenvalue weighted by Gasteiger charge is -2.09. The second-order valence-corrected chi connectivity index (χ2v) is 3.44. The smallest absolute Gasteiger partial charge is 0.129 e. The number of rotatable bonds is 3. The molecule has 3 N–H and O–H groups in total. The highest BCUT2D eigenvalue weighted by atomic mass is 16.6. The number of hydrogen-bond acceptors (Lipinski definition) is 4. The summed E-state index contributed by atoms with van der Waals surface area (Å²) in [5.74, 6) is 5.91. The first kappa shape index (κ1) is 10.7. The summed E-state index contributed by atoms with van der Waals surface area (Å²) in [4.78, 5) is 4.52. The molecule has 0 heterocycles. The van der Waals surface area contributed by atoms with E-state index in [1.54, 1.807) is 13.2 Å². The maximum Gasteiger partial charge on any atom is 0.129 e. The third kappa shape index (κ3) is 1.68. The van der Waals surface area contributed by atoms with Crippen molar-refractivity contribution in [2.45, 2.75) is 6.61 Å². The highest BCUT2D eigenvalue weighted by Crippen LogP contribution is 2.34. The SMILES string of the molecule is COc1cccc2c(O)c(CON)ccc12. The van der Waals surface area contributed by atoms with Gasteiger partial charge in [-0.1, -0.05) is 24.3 Å². The van der Waals surface area contributed by atoms with Crippen LogP contribution in [0.1, 0.15) is 5.56 Å². The number of phenols is 1. The zero-order valence-corrected chi connectivity index (χ0v) is 8.93. The molecule has 2 rings (SSSR count). The molecule has 0 atom stereocenters. The fraction of sp³-hybridized carbons (Fsp3) is 0.167. The van der Waals surface area contributed by atoms with E-state index in [-0.39, 0.29) is 12.4 Å². The van der Waals surface area contributed by atoms with E-state index < -0.39 is 0 Å². The standard InChI is InChI=1S/C12H13NO3/c1-15-11-4-2-3-10-9(11)6-5-8(7-16-13)12(10)14/h2-6,14H,7,13H2,1H3. The molecule has 0 saturated heterocycles. The van der Waals surface area contributed by atoms with Crippen LogP contribution in [0.2, 0.25) is 0 Å². The maximum atomic E-state index is 10.0. The molecule has 0 aliphatic rings. The number of aromatic hydroxyl groups is 1. The van der Waals surface area contributed by atoms with Crippen LogP contribution >= 0.6 is 0 Å². The first-order chi connectivity index (χ1) is 7.77. The Balaban J connectivity index is 2.66. The third-order valence-electron chi connectivity index (χ3n) is 2.54. The number of phenolic OH excluding ortho intramolecular Hbond substituents is 1. The Labute approximate surface area is 93.2 Å². The zero-order chi connectivity index (χ0) is 11.5. The highest BCUT2D eigenvalue weighted by molar-refractivity contribution is 5.93. The van der Waals surface area contributed by atoms with Gasteiger partial charge in [0.25, 0.3) is 0 Å². The van der Waals surface area contributed by atoms with Gasteiger partial charge >= 0.3 is 0 Å². The van der Waals surface area contributed by atoms with E-state index in [9.17, 15) is 5.11 Å². The van der Waals surface area contributed by atoms with Gasteiger partial charge in [-0.3, -0.25) is 4.84 Å². The number of hydrogen-bond donors (Lipinski definition) is 2. The quantitative estimate of drug-likeness (QED) is 0.774. The van der Waals surface area contributed by atoms with Crippen molar-refractivity contribution >= 4 is 10.8 Å². The Morgan fingerprint density at radius 3 is 2.69 bits per heavy atom. The van der Waals surface area contributed by atoms with Crippen molar-refractivity contribution in [3.05, 3.63) is 35.9 Å². The van der Waals surface area contributed by atoms with Gasteiger partial charge in [0.05, 0.1) is 13.7 Å². The lowest BCUT2D eigenvalue weighted by molar-refractivity contribution is 0.122. The van der Waals surface area contributed by atoms with Crippen LogP contribution in [0.5, 0.6) is 11.5 Å². The lowest BCUT2D eigenvalue weighted by atomic mass is 10.0. The van der Waals surface area contributed by atoms with E-state index in [0.29, 0.717) is 5.56 Å². The molecule has 0 aromatic heterocycles. The second-order valence-electron chi connectivity index (χ2n) is 3.44. The Morgan fingerprint density at radius 1 is 1.19 bits per heavy atom. The summed E-state index contributed by atoms with van der Waals surface area (Å²) in [6, 6.07) is 9.15. The molecule has 4 heteroatoms. The Morgan fingerprint density at radius 2 is 2.00 bits per heavy atom. The van der Waals surface area contributed by atoms with Crippen molar-refractivity contribution in [1.82, 2.24) is 0 Å². The van der Waals surface area contributed by atoms with Gasteiger partial charge in [-0.15, -0.1) is 0 Å². The fourth-order valence-corrected chi connectivity index (χ4v) is 1.74. The van der Waals surface area contributed by atoms with Crippen LogP contribution in [0, 0.1) is 0 Å². The largest absolute Gasteiger partial charge is 0.507 e. The van der Waals surface area contributed by atoms with Crippen molar-refractivity contribution in [1.29, 1.82) is 0 Å². The Hall–Kier alpha value is -1.78. The molecule has 0 aliphatic heterocycles. The molecule has 0 saturated carbocycles. The minimum atomic E-state index is 0.180. The molecule has 0 unspecified atom stereocenters. The predicted octanol–water partition coefficient (Wildman–Crippen LogP) is 1.94. The zero-order valence-electron chi connectivity index (χ0n) is 8.93. The number of ether oxygens (including phenoxy) is 1. The van der Waals surface area contributed by atoms with Crippen LogP contribution < -0.4 is 10.6 Å². The van der Waals surface area contributed by atoms with Crippen molar-refractivity contribution in [3.63, 3.8) is 0 Å². The maximum absolute atomic E-state index is 10.0. The van der Waals surface area contributed by atoms with E-state index >= 15 is 0 Å². The van der Waals surface area contributed by atoms with Crippen LogP contribution in [0.25, 0.3) is 10.8 Å². The van der Waals surface area contributed by atoms with Gasteiger partial charge in [-0.25, -0.2) is 5.90 Å². The monoisotopic (exact) mass is 219 g/mol. The van der Waals surface area contributed by atoms with E-state index in [0.717, 1.165) is 16.5 Å². The van der Waals surface area contributed by atoms with Crippen molar-refractivity contribution in [3.8, 4) is 11.5 Å². The summed E-state index contributed by atoms with van der Waals surface area (Å²) in [6.07, 6.45) is 0. The minimum absolute atomic E-state index is 0.180. The molecule has 16 heavy (non-hydrogen) atoms. The lowest BCUT2D eigenvalue weighted by Crippen LogP contribution is -1.99. The molecule has 0 fully saturated rings. The third-order valence-corrected chi connectivity index (χ3v) is 2.54. The molecule has 2 aromatic rings. The topological polar surface area (TPSA) is 64.7 Å². The van der Waals surface area contributed by atoms with Gasteiger partial charge in [0.1, 0.15) is 11.5 Å². The van der Waals surface area contributed by atoms with E-state index in [2.05, 4.69) is 4.84 Å². The van der Waals surface area contributed by atoms with Gasteiger partial charge in [0.15, 0.2) is 0 Å². The number of nitrogens with two attached hydrogens (primary N) is 1. The summed E-state index contributed by atoms with van der Waals surface area (Å²) in [6.45, 7) is 0.180. The van der Waals surface area contributed by atoms with Crippen LogP contribution in [0.3, 0.4) is 0 Å². The van der Waals surface area contributed by atoms with E-state index in [1.165, 1.54) is 0 Å². The summed E-state index contributed by atoms with van der Waals surface area (Å²) >= 11 is 0. The summed E-state index contributed by atoms with van der Waals surface area (Å²) < 4.78 is 5.22. The molecular formula is C12H13NO3. The number of methoxy groups -OCH3 is 1. The van der Waals surface area contributed by atoms with Crippen LogP contribution in [0.4, 0.5) is 0 Å². The van der Waals surface area contributed by atoms with Crippen molar-refractivity contribution in [2.75, 3.05) is 7.11 Å². The summed E-state index contributed by atoms with van der Waals surface area (Å²) in [5.41, 5.74) is 0.656. The Kier molecular flexibility index (Phi) is 2.94. The van der Waals surface area contributed by atoms with E-state index in [4.69, 9.17) is 10.6 Å². The fourth-order valence-electron chi connectivity index (χ4n) is 1.74. The van der Waals surface area contributed by atoms with Gasteiger partial charge in [-0.2, -0.15) is 0 Å². The summed E-state index contributed by atoms with van der Waals surface area (Å²) in [7, 11) is 1.60. The first-order valence-corrected chi connectivity index (χ1v) is 4.87.